The quantitative estimate of drug-likeness (QED) is 0.742. The van der Waals surface area contributed by atoms with E-state index in [1.807, 2.05) is 31.2 Å². The first kappa shape index (κ1) is 16.4. The minimum absolute atomic E-state index is 0.271. The van der Waals surface area contributed by atoms with E-state index in [9.17, 15) is 4.79 Å². The number of amides is 1. The molecule has 0 aliphatic rings. The number of para-hydroxylation sites is 1. The van der Waals surface area contributed by atoms with Crippen LogP contribution in [-0.4, -0.2) is 23.0 Å². The van der Waals surface area contributed by atoms with Gasteiger partial charge in [-0.15, -0.1) is 0 Å². The van der Waals surface area contributed by atoms with Gasteiger partial charge in [0.25, 0.3) is 5.91 Å². The molecule has 25 heavy (non-hydrogen) atoms. The number of anilines is 3. The molecule has 6 heteroatoms. The van der Waals surface area contributed by atoms with Crippen LogP contribution in [0.4, 0.5) is 17.3 Å². The van der Waals surface area contributed by atoms with Crippen molar-refractivity contribution in [2.45, 2.75) is 6.92 Å². The Hall–Kier alpha value is -3.41. The second kappa shape index (κ2) is 7.44. The fraction of sp³-hybridized carbons (Fsp3) is 0.105. The lowest BCUT2D eigenvalue weighted by Crippen LogP contribution is -2.13. The normalized spacial score (nSPS) is 10.2. The number of carbonyl (C=O) groups is 1. The molecule has 0 spiro atoms. The highest BCUT2D eigenvalue weighted by Crippen LogP contribution is 2.18. The van der Waals surface area contributed by atoms with E-state index in [2.05, 4.69) is 20.6 Å². The summed E-state index contributed by atoms with van der Waals surface area (Å²) in [6, 6.07) is 14.9. The maximum atomic E-state index is 12.2. The molecule has 0 unspecified atom stereocenters. The first-order valence-electron chi connectivity index (χ1n) is 7.76. The average molecular weight is 334 g/mol. The lowest BCUT2D eigenvalue weighted by atomic mass is 10.2. The molecule has 126 valence electrons. The largest absolute Gasteiger partial charge is 0.497 e. The van der Waals surface area contributed by atoms with Crippen molar-refractivity contribution in [1.82, 2.24) is 9.97 Å². The van der Waals surface area contributed by atoms with Crippen molar-refractivity contribution in [3.05, 3.63) is 72.1 Å². The Morgan fingerprint density at radius 2 is 1.68 bits per heavy atom. The Kier molecular flexibility index (Phi) is 4.89. The highest BCUT2D eigenvalue weighted by Gasteiger charge is 2.08. The molecule has 1 heterocycles. The van der Waals surface area contributed by atoms with Crippen LogP contribution in [0.3, 0.4) is 0 Å². The predicted octanol–water partition coefficient (Wildman–Crippen LogP) is 3.79. The minimum Gasteiger partial charge on any atom is -0.497 e. The van der Waals surface area contributed by atoms with Gasteiger partial charge in [-0.05, 0) is 42.8 Å². The van der Waals surface area contributed by atoms with Gasteiger partial charge in [-0.25, -0.2) is 9.97 Å². The average Bonchev–Trinajstić information content (AvgIpc) is 2.65. The van der Waals surface area contributed by atoms with E-state index in [4.69, 9.17) is 4.74 Å². The Labute approximate surface area is 145 Å². The van der Waals surface area contributed by atoms with Crippen molar-refractivity contribution >= 4 is 23.2 Å². The van der Waals surface area contributed by atoms with Crippen LogP contribution in [0.2, 0.25) is 0 Å². The maximum Gasteiger partial charge on any atom is 0.258 e. The molecule has 1 aromatic heterocycles. The molecule has 6 nitrogen and oxygen atoms in total. The lowest BCUT2D eigenvalue weighted by molar-refractivity contribution is 0.102. The number of nitrogens with one attached hydrogen (secondary N) is 2. The molecule has 2 aromatic carbocycles. The third-order valence-corrected chi connectivity index (χ3v) is 3.65. The van der Waals surface area contributed by atoms with E-state index in [0.29, 0.717) is 17.2 Å². The van der Waals surface area contributed by atoms with E-state index in [1.165, 1.54) is 12.4 Å². The number of aryl methyl sites for hydroxylation is 1. The van der Waals surface area contributed by atoms with Gasteiger partial charge in [-0.3, -0.25) is 4.79 Å². The molecule has 0 atom stereocenters. The maximum absolute atomic E-state index is 12.2. The molecule has 0 radical (unpaired) electrons. The number of ether oxygens (including phenoxy) is 1. The molecular formula is C19H18N4O2. The standard InChI is InChI=1S/C19H18N4O2/c1-13-5-3-4-6-17(13)23-19-20-11-14(12-21-19)18(24)22-15-7-9-16(25-2)10-8-15/h3-12H,1-2H3,(H,22,24)(H,20,21,23). The summed E-state index contributed by atoms with van der Waals surface area (Å²) >= 11 is 0. The number of rotatable bonds is 5. The van der Waals surface area contributed by atoms with Crippen LogP contribution in [0.5, 0.6) is 5.75 Å². The third-order valence-electron chi connectivity index (χ3n) is 3.65. The Bertz CT molecular complexity index is 861. The zero-order valence-corrected chi connectivity index (χ0v) is 14.0. The molecule has 1 amide bonds. The SMILES string of the molecule is COc1ccc(NC(=O)c2cnc(Nc3ccccc3C)nc2)cc1. The van der Waals surface area contributed by atoms with Gasteiger partial charge in [-0.2, -0.15) is 0 Å². The summed E-state index contributed by atoms with van der Waals surface area (Å²) in [5.41, 5.74) is 3.07. The third kappa shape index (κ3) is 4.11. The van der Waals surface area contributed by atoms with Crippen LogP contribution < -0.4 is 15.4 Å². The molecule has 0 saturated heterocycles. The van der Waals surface area contributed by atoms with E-state index < -0.39 is 0 Å². The summed E-state index contributed by atoms with van der Waals surface area (Å²) in [5, 5.41) is 5.93. The molecule has 3 aromatic rings. The molecule has 2 N–H and O–H groups in total. The van der Waals surface area contributed by atoms with Gasteiger partial charge >= 0.3 is 0 Å². The topological polar surface area (TPSA) is 76.1 Å². The molecule has 0 saturated carbocycles. The molecule has 0 fully saturated rings. The predicted molar refractivity (Wildman–Crippen MR) is 97.4 cm³/mol. The summed E-state index contributed by atoms with van der Waals surface area (Å²) in [4.78, 5) is 20.7. The molecule has 3 rings (SSSR count). The molecule has 0 bridgehead atoms. The van der Waals surface area contributed by atoms with Crippen LogP contribution in [0.25, 0.3) is 0 Å². The van der Waals surface area contributed by atoms with Crippen LogP contribution in [0.15, 0.2) is 60.9 Å². The molecular weight excluding hydrogens is 316 g/mol. The van der Waals surface area contributed by atoms with Crippen molar-refractivity contribution in [2.24, 2.45) is 0 Å². The summed E-state index contributed by atoms with van der Waals surface area (Å²) in [6.45, 7) is 2.00. The van der Waals surface area contributed by atoms with Gasteiger partial charge in [0.05, 0.1) is 12.7 Å². The Morgan fingerprint density at radius 3 is 2.32 bits per heavy atom. The van der Waals surface area contributed by atoms with Gasteiger partial charge in [0.2, 0.25) is 5.95 Å². The Morgan fingerprint density at radius 1 is 1.00 bits per heavy atom. The van der Waals surface area contributed by atoms with Crippen LogP contribution >= 0.6 is 0 Å². The number of nitrogens with zero attached hydrogens (tertiary/aromatic N) is 2. The van der Waals surface area contributed by atoms with Gasteiger partial charge < -0.3 is 15.4 Å². The molecule has 0 aliphatic carbocycles. The number of hydrogen-bond donors (Lipinski definition) is 2. The van der Waals surface area contributed by atoms with E-state index in [1.54, 1.807) is 31.4 Å². The number of benzene rings is 2. The van der Waals surface area contributed by atoms with Gasteiger partial charge in [-0.1, -0.05) is 18.2 Å². The van der Waals surface area contributed by atoms with Crippen LogP contribution in [0, 0.1) is 6.92 Å². The van der Waals surface area contributed by atoms with Crippen molar-refractivity contribution in [1.29, 1.82) is 0 Å². The van der Waals surface area contributed by atoms with Crippen molar-refractivity contribution in [2.75, 3.05) is 17.7 Å². The zero-order valence-electron chi connectivity index (χ0n) is 14.0. The first-order chi connectivity index (χ1) is 12.2. The van der Waals surface area contributed by atoms with Crippen molar-refractivity contribution in [3.8, 4) is 5.75 Å². The lowest BCUT2D eigenvalue weighted by Gasteiger charge is -2.08. The molecule has 0 aliphatic heterocycles. The summed E-state index contributed by atoms with van der Waals surface area (Å²) in [5.74, 6) is 0.899. The monoisotopic (exact) mass is 334 g/mol. The summed E-state index contributed by atoms with van der Waals surface area (Å²) < 4.78 is 5.09. The first-order valence-corrected chi connectivity index (χ1v) is 7.76. The highest BCUT2D eigenvalue weighted by molar-refractivity contribution is 6.03. The zero-order chi connectivity index (χ0) is 17.6. The fourth-order valence-electron chi connectivity index (χ4n) is 2.22. The Balaban J connectivity index is 1.66. The number of methoxy groups -OCH3 is 1. The van der Waals surface area contributed by atoms with E-state index >= 15 is 0 Å². The van der Waals surface area contributed by atoms with Gasteiger partial charge in [0, 0.05) is 23.8 Å². The highest BCUT2D eigenvalue weighted by atomic mass is 16.5. The van der Waals surface area contributed by atoms with Crippen molar-refractivity contribution < 1.29 is 9.53 Å². The van der Waals surface area contributed by atoms with E-state index in [-0.39, 0.29) is 5.91 Å². The number of aromatic nitrogens is 2. The van der Waals surface area contributed by atoms with Crippen molar-refractivity contribution in [3.63, 3.8) is 0 Å². The summed E-state index contributed by atoms with van der Waals surface area (Å²) in [7, 11) is 1.59. The second-order valence-corrected chi connectivity index (χ2v) is 5.42. The number of carbonyl (C=O) groups excluding carboxylic acids is 1. The van der Waals surface area contributed by atoms with E-state index in [0.717, 1.165) is 17.0 Å². The van der Waals surface area contributed by atoms with Crippen LogP contribution in [0.1, 0.15) is 15.9 Å². The smallest absolute Gasteiger partial charge is 0.258 e. The second-order valence-electron chi connectivity index (χ2n) is 5.42. The summed E-state index contributed by atoms with van der Waals surface area (Å²) in [6.07, 6.45) is 2.99. The van der Waals surface area contributed by atoms with Crippen LogP contribution in [-0.2, 0) is 0 Å². The fourth-order valence-corrected chi connectivity index (χ4v) is 2.22. The van der Waals surface area contributed by atoms with Gasteiger partial charge in [0.1, 0.15) is 5.75 Å². The minimum atomic E-state index is -0.271. The number of hydrogen-bond acceptors (Lipinski definition) is 5. The van der Waals surface area contributed by atoms with Gasteiger partial charge in [0.15, 0.2) is 0 Å².